The molecule has 2 aromatic rings. The lowest BCUT2D eigenvalue weighted by molar-refractivity contribution is 0.906. The van der Waals surface area contributed by atoms with Gasteiger partial charge in [0.2, 0.25) is 0 Å². The minimum Gasteiger partial charge on any atom is -0.397 e. The van der Waals surface area contributed by atoms with Crippen LogP contribution in [0.15, 0.2) is 28.1 Å². The molecule has 90 valence electrons. The van der Waals surface area contributed by atoms with E-state index in [2.05, 4.69) is 37.3 Å². The van der Waals surface area contributed by atoms with E-state index in [0.717, 1.165) is 28.2 Å². The molecule has 2 N–H and O–H groups in total. The van der Waals surface area contributed by atoms with Crippen LogP contribution in [0.5, 0.6) is 0 Å². The Balaban J connectivity index is 2.14. The van der Waals surface area contributed by atoms with Crippen molar-refractivity contribution >= 4 is 38.8 Å². The molecule has 0 atom stereocenters. The average molecular weight is 312 g/mol. The topological polar surface area (TPSA) is 42.2 Å². The maximum atomic E-state index is 5.76. The van der Waals surface area contributed by atoms with Gasteiger partial charge in [-0.1, -0.05) is 0 Å². The van der Waals surface area contributed by atoms with Crippen molar-refractivity contribution in [1.82, 2.24) is 4.98 Å². The zero-order valence-corrected chi connectivity index (χ0v) is 12.2. The van der Waals surface area contributed by atoms with Crippen LogP contribution in [-0.2, 0) is 6.54 Å². The lowest BCUT2D eigenvalue weighted by atomic mass is 10.3. The first kappa shape index (κ1) is 12.4. The zero-order valence-electron chi connectivity index (χ0n) is 9.77. The van der Waals surface area contributed by atoms with Gasteiger partial charge in [-0.2, -0.15) is 0 Å². The van der Waals surface area contributed by atoms with Crippen molar-refractivity contribution in [2.75, 3.05) is 17.7 Å². The van der Waals surface area contributed by atoms with Gasteiger partial charge >= 0.3 is 0 Å². The Morgan fingerprint density at radius 2 is 2.24 bits per heavy atom. The molecule has 3 nitrogen and oxygen atoms in total. The molecule has 0 aliphatic heterocycles. The Morgan fingerprint density at radius 1 is 1.47 bits per heavy atom. The van der Waals surface area contributed by atoms with Crippen molar-refractivity contribution < 1.29 is 0 Å². The molecular weight excluding hydrogens is 298 g/mol. The van der Waals surface area contributed by atoms with Gasteiger partial charge < -0.3 is 10.6 Å². The number of halogens is 1. The third-order valence-corrected chi connectivity index (χ3v) is 4.20. The van der Waals surface area contributed by atoms with Crippen molar-refractivity contribution in [3.05, 3.63) is 38.6 Å². The molecule has 0 aromatic carbocycles. The standard InChI is InChI=1S/C12H14BrN3S/c1-8-11(14)3-4-12(15-8)16(2)6-10-5-9(13)7-17-10/h3-5,7H,6,14H2,1-2H3. The highest BCUT2D eigenvalue weighted by Crippen LogP contribution is 2.23. The van der Waals surface area contributed by atoms with Gasteiger partial charge in [-0.25, -0.2) is 4.98 Å². The first-order valence-electron chi connectivity index (χ1n) is 5.23. The number of hydrogen-bond acceptors (Lipinski definition) is 4. The third-order valence-electron chi connectivity index (χ3n) is 2.52. The number of nitrogens with two attached hydrogens (primary N) is 1. The molecule has 0 amide bonds. The molecular formula is C12H14BrN3S. The molecule has 0 aliphatic rings. The summed E-state index contributed by atoms with van der Waals surface area (Å²) in [7, 11) is 2.03. The number of aryl methyl sites for hydroxylation is 1. The Morgan fingerprint density at radius 3 is 2.82 bits per heavy atom. The highest BCUT2D eigenvalue weighted by molar-refractivity contribution is 9.10. The average Bonchev–Trinajstić information content (AvgIpc) is 2.68. The molecule has 2 rings (SSSR count). The van der Waals surface area contributed by atoms with E-state index in [4.69, 9.17) is 5.73 Å². The first-order chi connectivity index (χ1) is 8.06. The monoisotopic (exact) mass is 311 g/mol. The van der Waals surface area contributed by atoms with Gasteiger partial charge in [0.1, 0.15) is 5.82 Å². The third kappa shape index (κ3) is 2.98. The zero-order chi connectivity index (χ0) is 12.4. The molecule has 0 saturated heterocycles. The summed E-state index contributed by atoms with van der Waals surface area (Å²) in [5.74, 6) is 0.946. The normalized spacial score (nSPS) is 10.5. The molecule has 0 bridgehead atoms. The predicted molar refractivity (Wildman–Crippen MR) is 77.5 cm³/mol. The van der Waals surface area contributed by atoms with E-state index in [0.29, 0.717) is 0 Å². The molecule has 2 aromatic heterocycles. The molecule has 0 unspecified atom stereocenters. The van der Waals surface area contributed by atoms with Crippen LogP contribution in [0.4, 0.5) is 11.5 Å². The quantitative estimate of drug-likeness (QED) is 0.944. The van der Waals surface area contributed by atoms with Gasteiger partial charge in [0, 0.05) is 21.8 Å². The van der Waals surface area contributed by atoms with Gasteiger partial charge in [0.15, 0.2) is 0 Å². The number of aromatic nitrogens is 1. The Labute approximate surface area is 113 Å². The molecule has 2 heterocycles. The molecule has 0 spiro atoms. The van der Waals surface area contributed by atoms with Crippen molar-refractivity contribution in [3.63, 3.8) is 0 Å². The number of hydrogen-bond donors (Lipinski definition) is 1. The SMILES string of the molecule is Cc1nc(N(C)Cc2cc(Br)cs2)ccc1N. The van der Waals surface area contributed by atoms with Crippen molar-refractivity contribution in [3.8, 4) is 0 Å². The number of nitrogens with zero attached hydrogens (tertiary/aromatic N) is 2. The molecule has 0 radical (unpaired) electrons. The summed E-state index contributed by atoms with van der Waals surface area (Å²) < 4.78 is 1.13. The van der Waals surface area contributed by atoms with E-state index in [1.807, 2.05) is 26.1 Å². The maximum absolute atomic E-state index is 5.76. The lowest BCUT2D eigenvalue weighted by Gasteiger charge is -2.18. The number of rotatable bonds is 3. The number of thiophene rings is 1. The summed E-state index contributed by atoms with van der Waals surface area (Å²) in [6.45, 7) is 2.78. The minimum atomic E-state index is 0.737. The van der Waals surface area contributed by atoms with Crippen LogP contribution in [0.3, 0.4) is 0 Å². The molecule has 17 heavy (non-hydrogen) atoms. The highest BCUT2D eigenvalue weighted by atomic mass is 79.9. The van der Waals surface area contributed by atoms with Crippen LogP contribution < -0.4 is 10.6 Å². The van der Waals surface area contributed by atoms with E-state index >= 15 is 0 Å². The largest absolute Gasteiger partial charge is 0.397 e. The molecule has 0 aliphatic carbocycles. The summed E-state index contributed by atoms with van der Waals surface area (Å²) in [5.41, 5.74) is 7.37. The second-order valence-corrected chi connectivity index (χ2v) is 5.84. The second-order valence-electron chi connectivity index (χ2n) is 3.93. The van der Waals surface area contributed by atoms with Crippen LogP contribution in [0, 0.1) is 6.92 Å². The molecule has 0 saturated carbocycles. The van der Waals surface area contributed by atoms with Crippen LogP contribution >= 0.6 is 27.3 Å². The second kappa shape index (κ2) is 5.06. The van der Waals surface area contributed by atoms with Crippen LogP contribution in [0.1, 0.15) is 10.6 Å². The summed E-state index contributed by atoms with van der Waals surface area (Å²) in [4.78, 5) is 7.89. The van der Waals surface area contributed by atoms with Crippen LogP contribution in [0.25, 0.3) is 0 Å². The van der Waals surface area contributed by atoms with E-state index in [1.54, 1.807) is 11.3 Å². The Hall–Kier alpha value is -1.07. The van der Waals surface area contributed by atoms with Gasteiger partial charge in [0.05, 0.1) is 17.9 Å². The predicted octanol–water partition coefficient (Wildman–Crippen LogP) is 3.43. The number of pyridine rings is 1. The maximum Gasteiger partial charge on any atom is 0.129 e. The number of nitrogen functional groups attached to an aromatic ring is 1. The van der Waals surface area contributed by atoms with E-state index in [-0.39, 0.29) is 0 Å². The smallest absolute Gasteiger partial charge is 0.129 e. The summed E-state index contributed by atoms with van der Waals surface area (Å²) in [5, 5.41) is 2.09. The summed E-state index contributed by atoms with van der Waals surface area (Å²) >= 11 is 5.20. The Bertz CT molecular complexity index is 524. The Kier molecular flexibility index (Phi) is 3.69. The van der Waals surface area contributed by atoms with Crippen molar-refractivity contribution in [2.45, 2.75) is 13.5 Å². The lowest BCUT2D eigenvalue weighted by Crippen LogP contribution is -2.17. The minimum absolute atomic E-state index is 0.737. The fraction of sp³-hybridized carbons (Fsp3) is 0.250. The van der Waals surface area contributed by atoms with E-state index in [9.17, 15) is 0 Å². The van der Waals surface area contributed by atoms with Gasteiger partial charge in [0.25, 0.3) is 0 Å². The van der Waals surface area contributed by atoms with Crippen LogP contribution in [0.2, 0.25) is 0 Å². The molecule has 0 fully saturated rings. The van der Waals surface area contributed by atoms with Crippen molar-refractivity contribution in [2.24, 2.45) is 0 Å². The summed E-state index contributed by atoms with van der Waals surface area (Å²) in [6, 6.07) is 5.98. The van der Waals surface area contributed by atoms with Gasteiger partial charge in [-0.3, -0.25) is 0 Å². The number of anilines is 2. The van der Waals surface area contributed by atoms with E-state index in [1.165, 1.54) is 4.88 Å². The van der Waals surface area contributed by atoms with Crippen molar-refractivity contribution in [1.29, 1.82) is 0 Å². The fourth-order valence-corrected chi connectivity index (χ4v) is 3.03. The van der Waals surface area contributed by atoms with E-state index < -0.39 is 0 Å². The van der Waals surface area contributed by atoms with Crippen LogP contribution in [-0.4, -0.2) is 12.0 Å². The first-order valence-corrected chi connectivity index (χ1v) is 6.90. The highest BCUT2D eigenvalue weighted by Gasteiger charge is 2.06. The van der Waals surface area contributed by atoms with Gasteiger partial charge in [-0.15, -0.1) is 11.3 Å². The van der Waals surface area contributed by atoms with Gasteiger partial charge in [-0.05, 0) is 41.1 Å². The molecule has 5 heteroatoms. The fourth-order valence-electron chi connectivity index (χ4n) is 1.52. The summed E-state index contributed by atoms with van der Waals surface area (Å²) in [6.07, 6.45) is 0.